The molecule has 1 atom stereocenters. The Morgan fingerprint density at radius 1 is 1.10 bits per heavy atom. The Morgan fingerprint density at radius 3 is 2.65 bits per heavy atom. The van der Waals surface area contributed by atoms with Gasteiger partial charge in [-0.25, -0.2) is 0 Å². The van der Waals surface area contributed by atoms with Crippen molar-refractivity contribution in [2.75, 3.05) is 6.54 Å². The molecular weight excluding hydrogens is 290 g/mol. The highest BCUT2D eigenvalue weighted by Crippen LogP contribution is 2.32. The summed E-state index contributed by atoms with van der Waals surface area (Å²) in [5.74, 6) is 0. The zero-order chi connectivity index (χ0) is 14.4. The van der Waals surface area contributed by atoms with E-state index in [-0.39, 0.29) is 0 Å². The van der Waals surface area contributed by atoms with E-state index in [1.165, 1.54) is 11.5 Å². The fourth-order valence-electron chi connectivity index (χ4n) is 1.96. The van der Waals surface area contributed by atoms with Gasteiger partial charge in [-0.2, -0.15) is 0 Å². The van der Waals surface area contributed by atoms with Crippen LogP contribution in [0.1, 0.15) is 56.8 Å². The fraction of sp³-hybridized carbons (Fsp3) is 0.692. The first-order valence-electron chi connectivity index (χ1n) is 7.18. The van der Waals surface area contributed by atoms with Gasteiger partial charge >= 0.3 is 0 Å². The first-order chi connectivity index (χ1) is 9.80. The molecule has 0 saturated heterocycles. The van der Waals surface area contributed by atoms with Crippen molar-refractivity contribution in [1.29, 1.82) is 0 Å². The summed E-state index contributed by atoms with van der Waals surface area (Å²) in [5.41, 5.74) is 1.05. The van der Waals surface area contributed by atoms with Crippen molar-refractivity contribution >= 4 is 22.9 Å². The normalized spacial score (nSPS) is 12.8. The van der Waals surface area contributed by atoms with Gasteiger partial charge in [-0.1, -0.05) is 43.0 Å². The molecule has 0 spiro atoms. The molecule has 2 aromatic rings. The van der Waals surface area contributed by atoms with Gasteiger partial charge in [0.1, 0.15) is 9.88 Å². The third kappa shape index (κ3) is 3.59. The molecule has 7 heteroatoms. The lowest BCUT2D eigenvalue weighted by atomic mass is 10.2. The first kappa shape index (κ1) is 15.5. The van der Waals surface area contributed by atoms with Crippen LogP contribution < -0.4 is 5.32 Å². The molecule has 1 N–H and O–H groups in total. The standard InChI is InChI=1S/C13H21N5S2/c1-4-7-10-11(20-18-15-10)13-17-16-12(19-13)9(6-3)14-8-5-2/h9,14H,4-8H2,1-3H3. The molecule has 0 aliphatic carbocycles. The maximum absolute atomic E-state index is 4.35. The first-order valence-corrected chi connectivity index (χ1v) is 8.77. The van der Waals surface area contributed by atoms with Crippen LogP contribution in [0.4, 0.5) is 0 Å². The molecule has 110 valence electrons. The monoisotopic (exact) mass is 311 g/mol. The smallest absolute Gasteiger partial charge is 0.161 e. The van der Waals surface area contributed by atoms with Crippen LogP contribution in [0.25, 0.3) is 9.88 Å². The van der Waals surface area contributed by atoms with Crippen LogP contribution in [0, 0.1) is 0 Å². The van der Waals surface area contributed by atoms with Gasteiger partial charge in [-0.15, -0.1) is 15.3 Å². The van der Waals surface area contributed by atoms with Gasteiger partial charge in [0, 0.05) is 0 Å². The second kappa shape index (κ2) is 7.75. The molecule has 0 aliphatic rings. The lowest BCUT2D eigenvalue weighted by molar-refractivity contribution is 0.513. The Balaban J connectivity index is 2.16. The summed E-state index contributed by atoms with van der Waals surface area (Å²) >= 11 is 3.08. The second-order valence-corrected chi connectivity index (χ2v) is 6.42. The number of aryl methyl sites for hydroxylation is 1. The van der Waals surface area contributed by atoms with Crippen molar-refractivity contribution in [3.63, 3.8) is 0 Å². The molecule has 20 heavy (non-hydrogen) atoms. The number of nitrogens with zero attached hydrogens (tertiary/aromatic N) is 4. The summed E-state index contributed by atoms with van der Waals surface area (Å²) in [4.78, 5) is 1.08. The van der Waals surface area contributed by atoms with Gasteiger partial charge in [0.25, 0.3) is 0 Å². The molecule has 2 rings (SSSR count). The highest BCUT2D eigenvalue weighted by molar-refractivity contribution is 7.19. The van der Waals surface area contributed by atoms with Crippen molar-refractivity contribution in [2.45, 2.75) is 52.5 Å². The van der Waals surface area contributed by atoms with Crippen molar-refractivity contribution in [3.8, 4) is 9.88 Å². The minimum absolute atomic E-state index is 0.303. The van der Waals surface area contributed by atoms with Crippen molar-refractivity contribution in [3.05, 3.63) is 10.7 Å². The third-order valence-electron chi connectivity index (χ3n) is 3.02. The van der Waals surface area contributed by atoms with Crippen LogP contribution in [-0.4, -0.2) is 26.3 Å². The fourth-order valence-corrected chi connectivity index (χ4v) is 3.75. The van der Waals surface area contributed by atoms with Crippen LogP contribution in [0.3, 0.4) is 0 Å². The summed E-state index contributed by atoms with van der Waals surface area (Å²) in [6, 6.07) is 0.303. The molecule has 2 aromatic heterocycles. The molecular formula is C13H21N5S2. The molecule has 2 heterocycles. The van der Waals surface area contributed by atoms with E-state index in [0.29, 0.717) is 6.04 Å². The van der Waals surface area contributed by atoms with Gasteiger partial charge < -0.3 is 5.32 Å². The van der Waals surface area contributed by atoms with Gasteiger partial charge in [0.05, 0.1) is 11.7 Å². The average Bonchev–Trinajstić information content (AvgIpc) is 3.09. The van der Waals surface area contributed by atoms with E-state index in [0.717, 1.165) is 52.8 Å². The molecule has 1 unspecified atom stereocenters. The Hall–Kier alpha value is -0.920. The molecule has 0 amide bonds. The summed E-state index contributed by atoms with van der Waals surface area (Å²) in [6.07, 6.45) is 4.17. The average molecular weight is 311 g/mol. The summed E-state index contributed by atoms with van der Waals surface area (Å²) in [7, 11) is 0. The summed E-state index contributed by atoms with van der Waals surface area (Å²) in [5, 5.41) is 18.4. The van der Waals surface area contributed by atoms with E-state index < -0.39 is 0 Å². The van der Waals surface area contributed by atoms with Crippen LogP contribution in [0.5, 0.6) is 0 Å². The lowest BCUT2D eigenvalue weighted by Crippen LogP contribution is -2.21. The minimum atomic E-state index is 0.303. The van der Waals surface area contributed by atoms with Crippen molar-refractivity contribution < 1.29 is 0 Å². The van der Waals surface area contributed by atoms with E-state index in [1.54, 1.807) is 11.3 Å². The Labute approximate surface area is 128 Å². The zero-order valence-corrected chi connectivity index (χ0v) is 13.9. The molecule has 0 fully saturated rings. The topological polar surface area (TPSA) is 63.6 Å². The molecule has 5 nitrogen and oxygen atoms in total. The minimum Gasteiger partial charge on any atom is -0.308 e. The summed E-state index contributed by atoms with van der Waals surface area (Å²) < 4.78 is 4.06. The Kier molecular flexibility index (Phi) is 6.00. The second-order valence-electron chi connectivity index (χ2n) is 4.66. The largest absolute Gasteiger partial charge is 0.308 e. The van der Waals surface area contributed by atoms with E-state index in [4.69, 9.17) is 0 Å². The van der Waals surface area contributed by atoms with Gasteiger partial charge in [-0.3, -0.25) is 0 Å². The van der Waals surface area contributed by atoms with E-state index >= 15 is 0 Å². The number of rotatable bonds is 8. The highest BCUT2D eigenvalue weighted by atomic mass is 32.1. The van der Waals surface area contributed by atoms with Crippen molar-refractivity contribution in [2.24, 2.45) is 0 Å². The molecule has 0 radical (unpaired) electrons. The van der Waals surface area contributed by atoms with E-state index in [2.05, 4.69) is 45.9 Å². The number of hydrogen-bond acceptors (Lipinski definition) is 7. The predicted octanol–water partition coefficient (Wildman–Crippen LogP) is 3.46. The quantitative estimate of drug-likeness (QED) is 0.809. The van der Waals surface area contributed by atoms with Crippen LogP contribution in [0.2, 0.25) is 0 Å². The van der Waals surface area contributed by atoms with Crippen LogP contribution in [-0.2, 0) is 6.42 Å². The number of aromatic nitrogens is 4. The van der Waals surface area contributed by atoms with Crippen LogP contribution >= 0.6 is 22.9 Å². The number of nitrogens with one attached hydrogen (secondary N) is 1. The molecule has 0 aliphatic heterocycles. The molecule has 0 bridgehead atoms. The Morgan fingerprint density at radius 2 is 1.95 bits per heavy atom. The maximum Gasteiger partial charge on any atom is 0.161 e. The number of hydrogen-bond donors (Lipinski definition) is 1. The van der Waals surface area contributed by atoms with Crippen LogP contribution in [0.15, 0.2) is 0 Å². The van der Waals surface area contributed by atoms with Gasteiger partial charge in [0.15, 0.2) is 5.01 Å². The highest BCUT2D eigenvalue weighted by Gasteiger charge is 2.18. The summed E-state index contributed by atoms with van der Waals surface area (Å²) in [6.45, 7) is 7.50. The molecule has 0 aromatic carbocycles. The zero-order valence-electron chi connectivity index (χ0n) is 12.2. The maximum atomic E-state index is 4.35. The predicted molar refractivity (Wildman–Crippen MR) is 84.1 cm³/mol. The van der Waals surface area contributed by atoms with Crippen molar-refractivity contribution in [1.82, 2.24) is 25.1 Å². The molecule has 0 saturated carbocycles. The van der Waals surface area contributed by atoms with E-state index in [9.17, 15) is 0 Å². The van der Waals surface area contributed by atoms with E-state index in [1.807, 2.05) is 0 Å². The Bertz CT molecular complexity index is 522. The third-order valence-corrected chi connectivity index (χ3v) is 4.98. The SMILES string of the molecule is CCCNC(CC)c1nnc(-c2snnc2CCC)s1. The van der Waals surface area contributed by atoms with Gasteiger partial charge in [0.2, 0.25) is 0 Å². The lowest BCUT2D eigenvalue weighted by Gasteiger charge is -2.12. The van der Waals surface area contributed by atoms with Gasteiger partial charge in [-0.05, 0) is 37.3 Å².